The number of carbonyl (C=O) groups is 1. The van der Waals surface area contributed by atoms with E-state index in [0.29, 0.717) is 31.5 Å². The predicted molar refractivity (Wildman–Crippen MR) is 117 cm³/mol. The third-order valence-corrected chi connectivity index (χ3v) is 4.79. The maximum atomic E-state index is 11.6. The standard InChI is InChI=1S/C11H19N2O3.C6H14.C4H10O.CH3.K/c14-6-5-13-11(16)10-3-1-9(2-4-10)7-12-8-15;1-5(2)6(3)4;1-4(2)3-5;;/h9-10,14H,1-7H2,(H,12,15)(H,13,16);5-6H,1-4H3;4-5H,3H2,1-2H3;1H3;/q-1;;;-1;+1. The molecule has 0 spiro atoms. The molecule has 0 radical (unpaired) electrons. The van der Waals surface area contributed by atoms with Crippen LogP contribution in [0.25, 0.3) is 0 Å². The van der Waals surface area contributed by atoms with Crippen LogP contribution < -0.4 is 62.0 Å². The normalized spacial score (nSPS) is 17.6. The van der Waals surface area contributed by atoms with Gasteiger partial charge in [0, 0.05) is 19.1 Å². The zero-order chi connectivity index (χ0) is 21.2. The van der Waals surface area contributed by atoms with E-state index in [2.05, 4.69) is 38.3 Å². The summed E-state index contributed by atoms with van der Waals surface area (Å²) in [4.78, 5) is 21.6. The molecule has 0 unspecified atom stereocenters. The summed E-state index contributed by atoms with van der Waals surface area (Å²) in [5.74, 6) is 2.73. The predicted octanol–water partition coefficient (Wildman–Crippen LogP) is -0.0545. The number of amides is 2. The van der Waals surface area contributed by atoms with E-state index < -0.39 is 0 Å². The maximum absolute atomic E-state index is 11.6. The monoisotopic (exact) mass is 441 g/mol. The zero-order valence-corrected chi connectivity index (χ0v) is 23.4. The molecule has 1 saturated carbocycles. The first-order valence-electron chi connectivity index (χ1n) is 10.3. The van der Waals surface area contributed by atoms with E-state index in [1.165, 1.54) is 0 Å². The van der Waals surface area contributed by atoms with E-state index in [9.17, 15) is 9.59 Å². The molecule has 0 heterocycles. The van der Waals surface area contributed by atoms with E-state index in [1.807, 2.05) is 13.8 Å². The quantitative estimate of drug-likeness (QED) is 0.241. The van der Waals surface area contributed by atoms with Crippen LogP contribution in [0.15, 0.2) is 0 Å². The van der Waals surface area contributed by atoms with Crippen molar-refractivity contribution in [2.45, 2.75) is 67.2 Å². The van der Waals surface area contributed by atoms with Gasteiger partial charge < -0.3 is 33.1 Å². The summed E-state index contributed by atoms with van der Waals surface area (Å²) in [6, 6.07) is 0. The van der Waals surface area contributed by atoms with Gasteiger partial charge in [0.1, 0.15) is 0 Å². The van der Waals surface area contributed by atoms with Crippen molar-refractivity contribution >= 4 is 12.3 Å². The van der Waals surface area contributed by atoms with Crippen LogP contribution in [0, 0.1) is 37.0 Å². The van der Waals surface area contributed by atoms with Crippen LogP contribution in [0.3, 0.4) is 0 Å². The Labute approximate surface area is 222 Å². The molecule has 29 heavy (non-hydrogen) atoms. The fourth-order valence-corrected chi connectivity index (χ4v) is 2.14. The molecule has 0 atom stereocenters. The summed E-state index contributed by atoms with van der Waals surface area (Å²) in [6.07, 6.45) is 5.33. The summed E-state index contributed by atoms with van der Waals surface area (Å²) >= 11 is 0. The van der Waals surface area contributed by atoms with Crippen LogP contribution in [0.4, 0.5) is 0 Å². The van der Waals surface area contributed by atoms with Gasteiger partial charge >= 0.3 is 51.4 Å². The largest absolute Gasteiger partial charge is 1.00 e. The van der Waals surface area contributed by atoms with Crippen LogP contribution >= 0.6 is 0 Å². The summed E-state index contributed by atoms with van der Waals surface area (Å²) in [7, 11) is 0. The second-order valence-corrected chi connectivity index (χ2v) is 8.28. The van der Waals surface area contributed by atoms with Crippen LogP contribution in [0.1, 0.15) is 67.2 Å². The van der Waals surface area contributed by atoms with Gasteiger partial charge in [-0.25, -0.2) is 0 Å². The first-order chi connectivity index (χ1) is 12.7. The molecule has 0 saturated heterocycles. The SMILES string of the molecule is CC(C)C(C)C.CC(C)CO.O=[C-]NCC1CCC(C(=O)NCCO)CC1.[CH3-].[K+]. The van der Waals surface area contributed by atoms with E-state index in [4.69, 9.17) is 10.2 Å². The summed E-state index contributed by atoms with van der Waals surface area (Å²) in [6.45, 7) is 14.2. The Balaban J connectivity index is -0.000000202. The number of hydrogen-bond donors (Lipinski definition) is 4. The van der Waals surface area contributed by atoms with Crippen molar-refractivity contribution in [2.24, 2.45) is 29.6 Å². The van der Waals surface area contributed by atoms with E-state index in [0.717, 1.165) is 37.5 Å². The average molecular weight is 442 g/mol. The molecular formula is C22H46KN2O4-. The fraction of sp³-hybridized carbons (Fsp3) is 0.864. The number of aliphatic hydroxyl groups is 2. The van der Waals surface area contributed by atoms with Gasteiger partial charge in [-0.2, -0.15) is 6.41 Å². The Morgan fingerprint density at radius 3 is 1.76 bits per heavy atom. The summed E-state index contributed by atoms with van der Waals surface area (Å²) in [5.41, 5.74) is 0. The van der Waals surface area contributed by atoms with Crippen molar-refractivity contribution in [3.63, 3.8) is 0 Å². The minimum atomic E-state index is -0.0137. The number of carbonyl (C=O) groups excluding carboxylic acids is 2. The summed E-state index contributed by atoms with van der Waals surface area (Å²) in [5, 5.41) is 22.0. The van der Waals surface area contributed by atoms with Crippen molar-refractivity contribution in [1.82, 2.24) is 10.6 Å². The molecule has 0 aromatic rings. The van der Waals surface area contributed by atoms with Gasteiger partial charge in [-0.1, -0.05) is 41.5 Å². The molecule has 0 aliphatic heterocycles. The van der Waals surface area contributed by atoms with Crippen molar-refractivity contribution < 1.29 is 71.2 Å². The fourth-order valence-electron chi connectivity index (χ4n) is 2.14. The molecule has 0 bridgehead atoms. The first-order valence-corrected chi connectivity index (χ1v) is 10.3. The molecule has 4 N–H and O–H groups in total. The van der Waals surface area contributed by atoms with Crippen LogP contribution in [0.5, 0.6) is 0 Å². The Morgan fingerprint density at radius 1 is 1.00 bits per heavy atom. The molecular weight excluding hydrogens is 395 g/mol. The number of hydrogen-bond acceptors (Lipinski definition) is 4. The molecule has 170 valence electrons. The molecule has 1 aliphatic carbocycles. The van der Waals surface area contributed by atoms with Gasteiger partial charge in [-0.3, -0.25) is 4.79 Å². The van der Waals surface area contributed by atoms with Crippen LogP contribution in [-0.2, 0) is 9.59 Å². The molecule has 0 aromatic heterocycles. The second-order valence-electron chi connectivity index (χ2n) is 8.28. The smallest absolute Gasteiger partial charge is 0.530 e. The van der Waals surface area contributed by atoms with Crippen LogP contribution in [-0.4, -0.2) is 48.8 Å². The number of nitrogens with one attached hydrogen (secondary N) is 2. The zero-order valence-electron chi connectivity index (χ0n) is 20.3. The van der Waals surface area contributed by atoms with Gasteiger partial charge in [-0.15, -0.1) is 0 Å². The van der Waals surface area contributed by atoms with Gasteiger partial charge in [0.2, 0.25) is 5.91 Å². The number of rotatable bonds is 8. The molecule has 1 aliphatic rings. The van der Waals surface area contributed by atoms with Crippen molar-refractivity contribution in [2.75, 3.05) is 26.3 Å². The molecule has 2 amide bonds. The first kappa shape index (κ1) is 36.8. The minimum absolute atomic E-state index is 0. The third-order valence-electron chi connectivity index (χ3n) is 4.79. The molecule has 1 fully saturated rings. The Bertz CT molecular complexity index is 353. The van der Waals surface area contributed by atoms with Gasteiger partial charge in [0.15, 0.2) is 0 Å². The maximum Gasteiger partial charge on any atom is 1.00 e. The van der Waals surface area contributed by atoms with E-state index in [-0.39, 0.29) is 77.2 Å². The molecule has 7 heteroatoms. The van der Waals surface area contributed by atoms with Crippen LogP contribution in [0.2, 0.25) is 0 Å². The van der Waals surface area contributed by atoms with Gasteiger partial charge in [-0.05, 0) is 55.9 Å². The minimum Gasteiger partial charge on any atom is -0.530 e. The Morgan fingerprint density at radius 2 is 1.45 bits per heavy atom. The second kappa shape index (κ2) is 24.8. The average Bonchev–Trinajstić information content (AvgIpc) is 2.65. The van der Waals surface area contributed by atoms with Gasteiger partial charge in [0.25, 0.3) is 0 Å². The summed E-state index contributed by atoms with van der Waals surface area (Å²) < 4.78 is 0. The Hall–Kier alpha value is 0.496. The number of aliphatic hydroxyl groups excluding tert-OH is 2. The van der Waals surface area contributed by atoms with E-state index in [1.54, 1.807) is 6.41 Å². The van der Waals surface area contributed by atoms with Gasteiger partial charge in [0.05, 0.1) is 6.61 Å². The van der Waals surface area contributed by atoms with Crippen molar-refractivity contribution in [3.8, 4) is 0 Å². The topological polar surface area (TPSA) is 98.7 Å². The third kappa shape index (κ3) is 24.6. The molecule has 1 rings (SSSR count). The molecule has 6 nitrogen and oxygen atoms in total. The van der Waals surface area contributed by atoms with E-state index >= 15 is 0 Å². The van der Waals surface area contributed by atoms with Crippen molar-refractivity contribution in [3.05, 3.63) is 7.43 Å². The van der Waals surface area contributed by atoms with Crippen molar-refractivity contribution in [1.29, 1.82) is 0 Å². The Kier molecular flexibility index (Phi) is 31.5. The molecule has 0 aromatic carbocycles.